The number of anilines is 1. The predicted octanol–water partition coefficient (Wildman–Crippen LogP) is 2.08. The normalized spacial score (nSPS) is 14.2. The summed E-state index contributed by atoms with van der Waals surface area (Å²) in [5, 5.41) is 5.97. The second kappa shape index (κ2) is 11.6. The van der Waals surface area contributed by atoms with Gasteiger partial charge in [-0.15, -0.1) is 12.4 Å². The van der Waals surface area contributed by atoms with Crippen LogP contribution in [-0.4, -0.2) is 64.9 Å². The molecular weight excluding hydrogens is 400 g/mol. The lowest BCUT2D eigenvalue weighted by molar-refractivity contribution is 0.0953. The summed E-state index contributed by atoms with van der Waals surface area (Å²) in [6, 6.07) is 4.94. The van der Waals surface area contributed by atoms with Crippen LogP contribution in [0.3, 0.4) is 0 Å². The molecule has 1 amide bonds. The average molecular weight is 433 g/mol. The average Bonchev–Trinajstić information content (AvgIpc) is 3.20. The van der Waals surface area contributed by atoms with E-state index in [1.54, 1.807) is 12.1 Å². The van der Waals surface area contributed by atoms with Crippen molar-refractivity contribution >= 4 is 34.0 Å². The summed E-state index contributed by atoms with van der Waals surface area (Å²) in [4.78, 5) is 15.1. The van der Waals surface area contributed by atoms with Crippen LogP contribution in [0.2, 0.25) is 0 Å². The maximum absolute atomic E-state index is 12.9. The minimum Gasteiger partial charge on any atom is -0.371 e. The molecule has 1 saturated heterocycles. The van der Waals surface area contributed by atoms with Gasteiger partial charge >= 0.3 is 0 Å². The van der Waals surface area contributed by atoms with Crippen LogP contribution >= 0.6 is 12.4 Å². The second-order valence-electron chi connectivity index (χ2n) is 6.68. The number of rotatable bonds is 10. The van der Waals surface area contributed by atoms with Crippen LogP contribution in [0, 0.1) is 0 Å². The van der Waals surface area contributed by atoms with Crippen LogP contribution in [0.25, 0.3) is 0 Å². The number of benzene rings is 1. The van der Waals surface area contributed by atoms with Gasteiger partial charge in [-0.05, 0) is 51.1 Å². The third-order valence-corrected chi connectivity index (χ3v) is 6.94. The van der Waals surface area contributed by atoms with E-state index < -0.39 is 10.0 Å². The summed E-state index contributed by atoms with van der Waals surface area (Å²) < 4.78 is 27.2. The van der Waals surface area contributed by atoms with Gasteiger partial charge in [-0.2, -0.15) is 4.31 Å². The highest BCUT2D eigenvalue weighted by Crippen LogP contribution is 2.28. The minimum atomic E-state index is -3.60. The molecule has 1 aliphatic heterocycles. The number of hydrogen-bond acceptors (Lipinski definition) is 5. The first-order chi connectivity index (χ1) is 13.0. The first-order valence-corrected chi connectivity index (χ1v) is 11.2. The van der Waals surface area contributed by atoms with Crippen LogP contribution < -0.4 is 15.5 Å². The van der Waals surface area contributed by atoms with Gasteiger partial charge in [0.05, 0.1) is 10.5 Å². The fourth-order valence-electron chi connectivity index (χ4n) is 3.37. The second-order valence-corrected chi connectivity index (χ2v) is 8.61. The molecule has 28 heavy (non-hydrogen) atoms. The highest BCUT2D eigenvalue weighted by molar-refractivity contribution is 7.89. The van der Waals surface area contributed by atoms with E-state index in [-0.39, 0.29) is 23.2 Å². The Morgan fingerprint density at radius 2 is 1.79 bits per heavy atom. The standard InChI is InChI=1S/C19H32N4O3S.ClH/c1-4-23(5-2)27(25,26)16-9-10-18(22-13-6-7-14-22)17(15-16)19(24)21-12-8-11-20-3;/h9-10,15,20H,4-8,11-14H2,1-3H3,(H,21,24);1H. The highest BCUT2D eigenvalue weighted by Gasteiger charge is 2.26. The monoisotopic (exact) mass is 432 g/mol. The van der Waals surface area contributed by atoms with Crippen molar-refractivity contribution in [1.82, 2.24) is 14.9 Å². The number of sulfonamides is 1. The summed E-state index contributed by atoms with van der Waals surface area (Å²) in [5.41, 5.74) is 1.26. The molecule has 0 aromatic heterocycles. The van der Waals surface area contributed by atoms with Gasteiger partial charge in [-0.1, -0.05) is 13.8 Å². The first-order valence-electron chi connectivity index (χ1n) is 9.77. The van der Waals surface area contributed by atoms with Crippen molar-refractivity contribution in [3.8, 4) is 0 Å². The number of halogens is 1. The molecule has 160 valence electrons. The lowest BCUT2D eigenvalue weighted by Gasteiger charge is -2.23. The lowest BCUT2D eigenvalue weighted by Crippen LogP contribution is -2.32. The van der Waals surface area contributed by atoms with E-state index in [0.29, 0.717) is 25.2 Å². The molecule has 1 aromatic rings. The topological polar surface area (TPSA) is 81.8 Å². The van der Waals surface area contributed by atoms with Crippen molar-refractivity contribution in [2.24, 2.45) is 0 Å². The van der Waals surface area contributed by atoms with Gasteiger partial charge in [-0.25, -0.2) is 8.42 Å². The van der Waals surface area contributed by atoms with Gasteiger partial charge < -0.3 is 15.5 Å². The van der Waals surface area contributed by atoms with E-state index >= 15 is 0 Å². The molecule has 2 rings (SSSR count). The van der Waals surface area contributed by atoms with E-state index in [9.17, 15) is 13.2 Å². The Bertz CT molecular complexity index is 733. The van der Waals surface area contributed by atoms with Gasteiger partial charge in [0.1, 0.15) is 0 Å². The Labute approximate surface area is 175 Å². The fourth-order valence-corrected chi connectivity index (χ4v) is 4.85. The summed E-state index contributed by atoms with van der Waals surface area (Å²) in [6.07, 6.45) is 2.99. The molecule has 0 aliphatic carbocycles. The molecule has 0 radical (unpaired) electrons. The van der Waals surface area contributed by atoms with Crippen molar-refractivity contribution in [2.45, 2.75) is 38.0 Å². The summed E-state index contributed by atoms with van der Waals surface area (Å²) >= 11 is 0. The third kappa shape index (κ3) is 5.83. The molecule has 1 aliphatic rings. The van der Waals surface area contributed by atoms with Gasteiger partial charge in [0.15, 0.2) is 0 Å². The Kier molecular flexibility index (Phi) is 10.2. The minimum absolute atomic E-state index is 0. The van der Waals surface area contributed by atoms with Crippen LogP contribution in [0.4, 0.5) is 5.69 Å². The Morgan fingerprint density at radius 3 is 2.36 bits per heavy atom. The number of nitrogens with one attached hydrogen (secondary N) is 2. The Morgan fingerprint density at radius 1 is 1.14 bits per heavy atom. The van der Waals surface area contributed by atoms with E-state index in [1.165, 1.54) is 10.4 Å². The Balaban J connectivity index is 0.00000392. The molecule has 0 bridgehead atoms. The molecular formula is C19H33ClN4O3S. The predicted molar refractivity (Wildman–Crippen MR) is 116 cm³/mol. The van der Waals surface area contributed by atoms with Crippen LogP contribution in [-0.2, 0) is 10.0 Å². The van der Waals surface area contributed by atoms with Crippen LogP contribution in [0.5, 0.6) is 0 Å². The maximum Gasteiger partial charge on any atom is 0.253 e. The number of hydrogen-bond donors (Lipinski definition) is 2. The zero-order chi connectivity index (χ0) is 19.9. The third-order valence-electron chi connectivity index (χ3n) is 4.89. The Hall–Kier alpha value is -1.35. The maximum atomic E-state index is 12.9. The van der Waals surface area contributed by atoms with E-state index in [4.69, 9.17) is 0 Å². The molecule has 1 heterocycles. The molecule has 0 unspecified atom stereocenters. The van der Waals surface area contributed by atoms with Gasteiger partial charge in [0, 0.05) is 38.4 Å². The van der Waals surface area contributed by atoms with E-state index in [1.807, 2.05) is 20.9 Å². The van der Waals surface area contributed by atoms with Crippen molar-refractivity contribution in [2.75, 3.05) is 51.2 Å². The number of carbonyl (C=O) groups excluding carboxylic acids is 1. The summed E-state index contributed by atoms with van der Waals surface area (Å²) in [7, 11) is -1.73. The molecule has 2 N–H and O–H groups in total. The van der Waals surface area contributed by atoms with Crippen LogP contribution in [0.15, 0.2) is 23.1 Å². The van der Waals surface area contributed by atoms with Gasteiger partial charge in [0.25, 0.3) is 5.91 Å². The van der Waals surface area contributed by atoms with Gasteiger partial charge in [0.2, 0.25) is 10.0 Å². The van der Waals surface area contributed by atoms with Gasteiger partial charge in [-0.3, -0.25) is 4.79 Å². The molecule has 0 spiro atoms. The lowest BCUT2D eigenvalue weighted by atomic mass is 10.1. The van der Waals surface area contributed by atoms with Crippen LogP contribution in [0.1, 0.15) is 43.5 Å². The zero-order valence-electron chi connectivity index (χ0n) is 17.0. The molecule has 1 fully saturated rings. The van der Waals surface area contributed by atoms with Crippen molar-refractivity contribution in [3.63, 3.8) is 0 Å². The largest absolute Gasteiger partial charge is 0.371 e. The molecule has 0 atom stereocenters. The zero-order valence-corrected chi connectivity index (χ0v) is 18.7. The molecule has 9 heteroatoms. The SMILES string of the molecule is CCN(CC)S(=O)(=O)c1ccc(N2CCCC2)c(C(=O)NCCCNC)c1.Cl. The number of amides is 1. The smallest absolute Gasteiger partial charge is 0.253 e. The quantitative estimate of drug-likeness (QED) is 0.553. The molecule has 0 saturated carbocycles. The van der Waals surface area contributed by atoms with E-state index in [2.05, 4.69) is 15.5 Å². The number of nitrogens with zero attached hydrogens (tertiary/aromatic N) is 2. The summed E-state index contributed by atoms with van der Waals surface area (Å²) in [6.45, 7) is 7.58. The van der Waals surface area contributed by atoms with Crippen molar-refractivity contribution in [1.29, 1.82) is 0 Å². The first kappa shape index (κ1) is 24.7. The number of carbonyl (C=O) groups is 1. The highest BCUT2D eigenvalue weighted by atomic mass is 35.5. The van der Waals surface area contributed by atoms with E-state index in [0.717, 1.165) is 44.6 Å². The summed E-state index contributed by atoms with van der Waals surface area (Å²) in [5.74, 6) is -0.218. The van der Waals surface area contributed by atoms with Crippen molar-refractivity contribution in [3.05, 3.63) is 23.8 Å². The molecule has 7 nitrogen and oxygen atoms in total. The van der Waals surface area contributed by atoms with Crippen molar-refractivity contribution < 1.29 is 13.2 Å². The fraction of sp³-hybridized carbons (Fsp3) is 0.632. The molecule has 1 aromatic carbocycles.